The van der Waals surface area contributed by atoms with E-state index in [-0.39, 0.29) is 18.0 Å². The molecule has 1 aliphatic heterocycles. The van der Waals surface area contributed by atoms with Gasteiger partial charge in [-0.1, -0.05) is 6.42 Å². The fraction of sp³-hybridized carbons (Fsp3) is 0.611. The van der Waals surface area contributed by atoms with E-state index in [9.17, 15) is 9.59 Å². The van der Waals surface area contributed by atoms with Crippen molar-refractivity contribution in [2.45, 2.75) is 46.1 Å². The van der Waals surface area contributed by atoms with Crippen LogP contribution in [0.2, 0.25) is 0 Å². The monoisotopic (exact) mass is 362 g/mol. The highest BCUT2D eigenvalue weighted by Crippen LogP contribution is 2.25. The van der Waals surface area contributed by atoms with E-state index in [0.717, 1.165) is 28.2 Å². The molecule has 1 N–H and O–H groups in total. The van der Waals surface area contributed by atoms with Crippen LogP contribution in [0.25, 0.3) is 10.2 Å². The minimum absolute atomic E-state index is 0.0276. The highest BCUT2D eigenvalue weighted by atomic mass is 32.1. The van der Waals surface area contributed by atoms with Crippen LogP contribution >= 0.6 is 11.3 Å². The lowest BCUT2D eigenvalue weighted by atomic mass is 10.1. The van der Waals surface area contributed by atoms with E-state index in [1.807, 2.05) is 13.8 Å². The molecule has 0 aromatic carbocycles. The molecule has 2 aromatic rings. The van der Waals surface area contributed by atoms with Gasteiger partial charge in [-0.15, -0.1) is 11.3 Å². The van der Waals surface area contributed by atoms with Gasteiger partial charge in [-0.25, -0.2) is 4.98 Å². The lowest BCUT2D eigenvalue weighted by molar-refractivity contribution is -0.121. The van der Waals surface area contributed by atoms with Crippen LogP contribution in [-0.2, 0) is 11.3 Å². The third-order valence-electron chi connectivity index (χ3n) is 4.89. The third-order valence-corrected chi connectivity index (χ3v) is 6.01. The molecule has 1 saturated heterocycles. The van der Waals surface area contributed by atoms with E-state index in [1.165, 1.54) is 54.6 Å². The summed E-state index contributed by atoms with van der Waals surface area (Å²) in [5, 5.41) is 3.56. The highest BCUT2D eigenvalue weighted by Gasteiger charge is 2.14. The van der Waals surface area contributed by atoms with Gasteiger partial charge >= 0.3 is 0 Å². The molecule has 0 unspecified atom stereocenters. The molecule has 1 fully saturated rings. The number of amides is 1. The van der Waals surface area contributed by atoms with E-state index in [2.05, 4.69) is 15.2 Å². The Hall–Kier alpha value is -1.73. The van der Waals surface area contributed by atoms with Crippen LogP contribution in [0.3, 0.4) is 0 Å². The van der Waals surface area contributed by atoms with Crippen molar-refractivity contribution in [3.63, 3.8) is 0 Å². The van der Waals surface area contributed by atoms with Crippen LogP contribution in [0.1, 0.15) is 36.1 Å². The zero-order valence-corrected chi connectivity index (χ0v) is 15.8. The molecule has 0 aliphatic carbocycles. The van der Waals surface area contributed by atoms with Crippen LogP contribution < -0.4 is 10.9 Å². The smallest absolute Gasteiger partial charge is 0.262 e. The van der Waals surface area contributed by atoms with Crippen LogP contribution in [-0.4, -0.2) is 46.5 Å². The zero-order chi connectivity index (χ0) is 17.8. The second kappa shape index (κ2) is 8.10. The normalized spacial score (nSPS) is 15.6. The van der Waals surface area contributed by atoms with Crippen molar-refractivity contribution in [2.75, 3.05) is 26.2 Å². The number of piperidine rings is 1. The number of thiophene rings is 1. The van der Waals surface area contributed by atoms with Crippen molar-refractivity contribution >= 4 is 27.5 Å². The Bertz CT molecular complexity index is 805. The molecule has 2 aromatic heterocycles. The molecule has 3 heterocycles. The maximum Gasteiger partial charge on any atom is 0.262 e. The first-order chi connectivity index (χ1) is 12.1. The van der Waals surface area contributed by atoms with Crippen LogP contribution in [0, 0.1) is 13.8 Å². The number of hydrogen-bond acceptors (Lipinski definition) is 5. The highest BCUT2D eigenvalue weighted by molar-refractivity contribution is 7.18. The number of nitrogens with one attached hydrogen (secondary N) is 1. The molecular weight excluding hydrogens is 336 g/mol. The fourth-order valence-electron chi connectivity index (χ4n) is 3.31. The molecule has 0 atom stereocenters. The summed E-state index contributed by atoms with van der Waals surface area (Å²) in [6, 6.07) is 0. The van der Waals surface area contributed by atoms with Crippen molar-refractivity contribution in [2.24, 2.45) is 0 Å². The van der Waals surface area contributed by atoms with Crippen LogP contribution in [0.5, 0.6) is 0 Å². The second-order valence-electron chi connectivity index (χ2n) is 6.75. The topological polar surface area (TPSA) is 67.2 Å². The van der Waals surface area contributed by atoms with Gasteiger partial charge in [0.2, 0.25) is 5.91 Å². The van der Waals surface area contributed by atoms with Gasteiger partial charge in [-0.2, -0.15) is 0 Å². The summed E-state index contributed by atoms with van der Waals surface area (Å²) in [7, 11) is 0. The molecule has 136 valence electrons. The largest absolute Gasteiger partial charge is 0.354 e. The number of rotatable bonds is 6. The lowest BCUT2D eigenvalue weighted by Crippen LogP contribution is -2.35. The molecule has 7 heteroatoms. The van der Waals surface area contributed by atoms with Gasteiger partial charge in [0.1, 0.15) is 11.4 Å². The quantitative estimate of drug-likeness (QED) is 0.799. The van der Waals surface area contributed by atoms with Crippen LogP contribution in [0.4, 0.5) is 0 Å². The average Bonchev–Trinajstić information content (AvgIpc) is 2.90. The van der Waals surface area contributed by atoms with Crippen molar-refractivity contribution in [3.05, 3.63) is 27.1 Å². The number of carbonyl (C=O) groups excluding carboxylic acids is 1. The average molecular weight is 362 g/mol. The standard InChI is InChI=1S/C18H26N4O2S/c1-13-14(2)25-17-16(13)18(24)22(12-20-17)11-15(23)19-7-6-10-21-8-4-3-5-9-21/h12H,3-11H2,1-2H3,(H,19,23). The van der Waals surface area contributed by atoms with Gasteiger partial charge in [-0.05, 0) is 58.3 Å². The summed E-state index contributed by atoms with van der Waals surface area (Å²) in [4.78, 5) is 33.3. The first-order valence-corrected chi connectivity index (χ1v) is 9.82. The number of aromatic nitrogens is 2. The van der Waals surface area contributed by atoms with Gasteiger partial charge in [-0.3, -0.25) is 14.2 Å². The minimum Gasteiger partial charge on any atom is -0.354 e. The molecule has 0 bridgehead atoms. The van der Waals surface area contributed by atoms with E-state index >= 15 is 0 Å². The van der Waals surface area contributed by atoms with E-state index in [1.54, 1.807) is 0 Å². The first-order valence-electron chi connectivity index (χ1n) is 9.00. The molecule has 0 saturated carbocycles. The summed E-state index contributed by atoms with van der Waals surface area (Å²) in [5.41, 5.74) is 0.837. The number of fused-ring (bicyclic) bond motifs is 1. The number of hydrogen-bond donors (Lipinski definition) is 1. The van der Waals surface area contributed by atoms with Crippen molar-refractivity contribution < 1.29 is 4.79 Å². The molecule has 0 spiro atoms. The molecule has 1 amide bonds. The predicted molar refractivity (Wildman–Crippen MR) is 101 cm³/mol. The summed E-state index contributed by atoms with van der Waals surface area (Å²) in [5.74, 6) is -0.133. The SMILES string of the molecule is Cc1sc2ncn(CC(=O)NCCCN3CCCCC3)c(=O)c2c1C. The van der Waals surface area contributed by atoms with Gasteiger partial charge < -0.3 is 10.2 Å². The maximum atomic E-state index is 12.6. The van der Waals surface area contributed by atoms with E-state index in [4.69, 9.17) is 0 Å². The number of carbonyl (C=O) groups is 1. The predicted octanol–water partition coefficient (Wildman–Crippen LogP) is 2.07. The Morgan fingerprint density at radius 3 is 2.80 bits per heavy atom. The van der Waals surface area contributed by atoms with Crippen molar-refractivity contribution in [3.8, 4) is 0 Å². The molecule has 6 nitrogen and oxygen atoms in total. The number of likely N-dealkylation sites (tertiary alicyclic amines) is 1. The first kappa shape index (κ1) is 18.1. The van der Waals surface area contributed by atoms with Crippen molar-refractivity contribution in [1.29, 1.82) is 0 Å². The van der Waals surface area contributed by atoms with Crippen LogP contribution in [0.15, 0.2) is 11.1 Å². The fourth-order valence-corrected chi connectivity index (χ4v) is 4.29. The molecule has 3 rings (SSSR count). The molecule has 25 heavy (non-hydrogen) atoms. The molecule has 1 aliphatic rings. The van der Waals surface area contributed by atoms with E-state index < -0.39 is 0 Å². The Labute approximate surface area is 151 Å². The van der Waals surface area contributed by atoms with Gasteiger partial charge in [0, 0.05) is 11.4 Å². The molecule has 0 radical (unpaired) electrons. The van der Waals surface area contributed by atoms with Crippen molar-refractivity contribution in [1.82, 2.24) is 19.8 Å². The third kappa shape index (κ3) is 4.27. The van der Waals surface area contributed by atoms with E-state index in [0.29, 0.717) is 11.9 Å². The molecular formula is C18H26N4O2S. The summed E-state index contributed by atoms with van der Waals surface area (Å²) in [6.45, 7) is 7.98. The number of nitrogens with zero attached hydrogens (tertiary/aromatic N) is 3. The maximum absolute atomic E-state index is 12.6. The summed E-state index contributed by atoms with van der Waals surface area (Å²) < 4.78 is 1.40. The lowest BCUT2D eigenvalue weighted by Gasteiger charge is -2.26. The Kier molecular flexibility index (Phi) is 5.86. The number of aryl methyl sites for hydroxylation is 2. The van der Waals surface area contributed by atoms with Gasteiger partial charge in [0.15, 0.2) is 0 Å². The Morgan fingerprint density at radius 2 is 2.04 bits per heavy atom. The summed E-state index contributed by atoms with van der Waals surface area (Å²) >= 11 is 1.52. The van der Waals surface area contributed by atoms with Gasteiger partial charge in [0.25, 0.3) is 5.56 Å². The summed E-state index contributed by atoms with van der Waals surface area (Å²) in [6.07, 6.45) is 6.33. The minimum atomic E-state index is -0.133. The zero-order valence-electron chi connectivity index (χ0n) is 15.0. The Balaban J connectivity index is 1.52. The Morgan fingerprint density at radius 1 is 1.28 bits per heavy atom. The van der Waals surface area contributed by atoms with Gasteiger partial charge in [0.05, 0.1) is 11.7 Å². The second-order valence-corrected chi connectivity index (χ2v) is 7.95.